The summed E-state index contributed by atoms with van der Waals surface area (Å²) >= 11 is 0. The molecule has 0 bridgehead atoms. The molecule has 46 heavy (non-hydrogen) atoms. The van der Waals surface area contributed by atoms with Gasteiger partial charge in [0, 0.05) is 42.8 Å². The Kier molecular flexibility index (Phi) is 9.17. The minimum absolute atomic E-state index is 0.168. The van der Waals surface area contributed by atoms with Crippen LogP contribution >= 0.6 is 0 Å². The van der Waals surface area contributed by atoms with Gasteiger partial charge in [0.15, 0.2) is 0 Å². The third-order valence-corrected chi connectivity index (χ3v) is 10.4. The number of hydrogen-bond acceptors (Lipinski definition) is 7. The maximum Gasteiger partial charge on any atom is 0.246 e. The number of amides is 1. The Labute approximate surface area is 272 Å². The van der Waals surface area contributed by atoms with Crippen molar-refractivity contribution in [1.82, 2.24) is 9.88 Å². The largest absolute Gasteiger partial charge is 0.476 e. The van der Waals surface area contributed by atoms with Crippen molar-refractivity contribution in [2.24, 2.45) is 17.8 Å². The van der Waals surface area contributed by atoms with E-state index in [-0.39, 0.29) is 18.4 Å². The molecule has 1 saturated carbocycles. The maximum absolute atomic E-state index is 12.7. The summed E-state index contributed by atoms with van der Waals surface area (Å²) in [6.45, 7) is 13.8. The molecule has 0 spiro atoms. The highest BCUT2D eigenvalue weighted by molar-refractivity contribution is 5.97. The van der Waals surface area contributed by atoms with Crippen LogP contribution in [-0.2, 0) is 17.8 Å². The lowest BCUT2D eigenvalue weighted by Crippen LogP contribution is -2.55. The van der Waals surface area contributed by atoms with Crippen LogP contribution in [0.5, 0.6) is 5.88 Å². The molecule has 6 rings (SSSR count). The first-order chi connectivity index (χ1) is 22.3. The monoisotopic (exact) mass is 616 g/mol. The van der Waals surface area contributed by atoms with Crippen molar-refractivity contribution in [1.29, 1.82) is 10.5 Å². The number of rotatable bonds is 8. The van der Waals surface area contributed by atoms with Crippen LogP contribution in [0.25, 0.3) is 10.8 Å². The molecular weight excluding hydrogens is 572 g/mol. The molecule has 1 saturated heterocycles. The highest BCUT2D eigenvalue weighted by Crippen LogP contribution is 2.41. The summed E-state index contributed by atoms with van der Waals surface area (Å²) in [7, 11) is 0. The van der Waals surface area contributed by atoms with E-state index in [1.807, 2.05) is 0 Å². The number of ether oxygens (including phenoxy) is 1. The number of anilines is 2. The van der Waals surface area contributed by atoms with Crippen LogP contribution in [0, 0.1) is 47.3 Å². The first-order valence-electron chi connectivity index (χ1n) is 16.7. The van der Waals surface area contributed by atoms with Crippen molar-refractivity contribution < 1.29 is 9.53 Å². The Hall–Kier alpha value is -4.56. The number of aromatic nitrogens is 1. The summed E-state index contributed by atoms with van der Waals surface area (Å²) in [6, 6.07) is 17.3. The third kappa shape index (κ3) is 5.89. The average molecular weight is 617 g/mol. The number of pyridine rings is 1. The van der Waals surface area contributed by atoms with Crippen molar-refractivity contribution in [2.75, 3.05) is 42.6 Å². The lowest BCUT2D eigenvalue weighted by Gasteiger charge is -2.43. The average Bonchev–Trinajstić information content (AvgIpc) is 3.55. The molecule has 2 aromatic carbocycles. The van der Waals surface area contributed by atoms with Crippen LogP contribution < -0.4 is 14.5 Å². The number of nitrogens with zero attached hydrogens (tertiary/aromatic N) is 6. The second kappa shape index (κ2) is 13.4. The van der Waals surface area contributed by atoms with E-state index in [1.165, 1.54) is 40.9 Å². The lowest BCUT2D eigenvalue weighted by molar-refractivity contribution is -0.128. The molecule has 3 atom stereocenters. The smallest absolute Gasteiger partial charge is 0.246 e. The van der Waals surface area contributed by atoms with Crippen molar-refractivity contribution >= 4 is 28.1 Å². The molecule has 0 N–H and O–H groups in total. The van der Waals surface area contributed by atoms with Gasteiger partial charge < -0.3 is 19.4 Å². The van der Waals surface area contributed by atoms with Gasteiger partial charge in [-0.2, -0.15) is 10.5 Å². The number of hydrogen-bond donors (Lipinski definition) is 0. The maximum atomic E-state index is 12.7. The SMILES string of the molecule is C=CC(=O)N1CCN(c2c(C#N)c(OC[C@@H]3CCCC3C(C)C)nc3c2CCN(c2cccc4cccc(C)c24)C3)C[C@@H]1CC#N. The molecular formula is C38H44N6O2. The number of carbonyl (C=O) groups is 1. The van der Waals surface area contributed by atoms with Crippen LogP contribution in [0.15, 0.2) is 49.1 Å². The summed E-state index contributed by atoms with van der Waals surface area (Å²) in [6.07, 6.45) is 5.80. The number of piperazine rings is 1. The van der Waals surface area contributed by atoms with E-state index >= 15 is 0 Å². The zero-order valence-corrected chi connectivity index (χ0v) is 27.3. The molecule has 3 heterocycles. The van der Waals surface area contributed by atoms with Gasteiger partial charge in [-0.1, -0.05) is 57.2 Å². The topological polar surface area (TPSA) is 96.5 Å². The number of fused-ring (bicyclic) bond motifs is 2. The second-order valence-electron chi connectivity index (χ2n) is 13.4. The number of benzene rings is 2. The molecule has 0 radical (unpaired) electrons. The van der Waals surface area contributed by atoms with Crippen LogP contribution in [0.1, 0.15) is 61.9 Å². The molecule has 2 aliphatic heterocycles. The zero-order valence-electron chi connectivity index (χ0n) is 27.3. The quantitative estimate of drug-likeness (QED) is 0.265. The molecule has 1 aliphatic carbocycles. The van der Waals surface area contributed by atoms with Gasteiger partial charge >= 0.3 is 0 Å². The normalized spacial score (nSPS) is 21.2. The molecule has 1 amide bonds. The highest BCUT2D eigenvalue weighted by Gasteiger charge is 2.36. The molecule has 8 heteroatoms. The van der Waals surface area contributed by atoms with Crippen molar-refractivity contribution in [3.05, 3.63) is 71.4 Å². The van der Waals surface area contributed by atoms with Crippen LogP contribution in [0.2, 0.25) is 0 Å². The van der Waals surface area contributed by atoms with Gasteiger partial charge in [0.05, 0.1) is 43.1 Å². The van der Waals surface area contributed by atoms with Crippen molar-refractivity contribution in [2.45, 2.75) is 65.5 Å². The third-order valence-electron chi connectivity index (χ3n) is 10.4. The summed E-state index contributed by atoms with van der Waals surface area (Å²) in [5.74, 6) is 1.87. The van der Waals surface area contributed by atoms with E-state index in [0.717, 1.165) is 36.3 Å². The van der Waals surface area contributed by atoms with E-state index in [4.69, 9.17) is 9.72 Å². The van der Waals surface area contributed by atoms with Gasteiger partial charge in [0.2, 0.25) is 11.8 Å². The highest BCUT2D eigenvalue weighted by atomic mass is 16.5. The summed E-state index contributed by atoms with van der Waals surface area (Å²) in [4.78, 5) is 24.1. The fraction of sp³-hybridized carbons (Fsp3) is 0.474. The molecule has 1 unspecified atom stereocenters. The molecule has 3 aromatic rings. The van der Waals surface area contributed by atoms with Crippen molar-refractivity contribution in [3.63, 3.8) is 0 Å². The summed E-state index contributed by atoms with van der Waals surface area (Å²) < 4.78 is 6.56. The Balaban J connectivity index is 1.40. The molecule has 8 nitrogen and oxygen atoms in total. The van der Waals surface area contributed by atoms with Crippen LogP contribution in [0.3, 0.4) is 0 Å². The van der Waals surface area contributed by atoms with Gasteiger partial charge in [0.1, 0.15) is 11.6 Å². The van der Waals surface area contributed by atoms with Gasteiger partial charge in [-0.25, -0.2) is 4.98 Å². The predicted octanol–water partition coefficient (Wildman–Crippen LogP) is 6.55. The van der Waals surface area contributed by atoms with E-state index in [9.17, 15) is 15.3 Å². The minimum Gasteiger partial charge on any atom is -0.476 e. The Morgan fingerprint density at radius 3 is 2.67 bits per heavy atom. The van der Waals surface area contributed by atoms with E-state index in [2.05, 4.69) is 85.7 Å². The lowest BCUT2D eigenvalue weighted by atomic mass is 9.87. The number of carbonyl (C=O) groups excluding carboxylic acids is 1. The molecule has 238 valence electrons. The number of nitriles is 2. The summed E-state index contributed by atoms with van der Waals surface area (Å²) in [5.41, 5.74) is 5.74. The van der Waals surface area contributed by atoms with Gasteiger partial charge in [0.25, 0.3) is 0 Å². The minimum atomic E-state index is -0.298. The Bertz CT molecular complexity index is 1710. The van der Waals surface area contributed by atoms with E-state index in [1.54, 1.807) is 4.90 Å². The second-order valence-corrected chi connectivity index (χ2v) is 13.4. The number of aryl methyl sites for hydroxylation is 1. The van der Waals surface area contributed by atoms with Gasteiger partial charge in [-0.3, -0.25) is 4.79 Å². The van der Waals surface area contributed by atoms with Gasteiger partial charge in [-0.05, 0) is 67.0 Å². The standard InChI is InChI=1S/C38H44N6O2/c1-5-35(45)44-20-19-43(22-29(44)15-17-39)37-31-16-18-42(34-14-8-11-27-10-6-9-26(4)36(27)34)23-33(31)41-38(32(37)21-40)46-24-28-12-7-13-30(28)25(2)3/h5-6,8-11,14,25,28-30H,1,7,12-13,15-16,18-20,22-24H2,2-4H3/t28-,29-,30?/m0/s1. The van der Waals surface area contributed by atoms with E-state index in [0.29, 0.717) is 62.0 Å². The van der Waals surface area contributed by atoms with Gasteiger partial charge in [-0.15, -0.1) is 0 Å². The van der Waals surface area contributed by atoms with Crippen LogP contribution in [-0.4, -0.2) is 54.6 Å². The first-order valence-corrected chi connectivity index (χ1v) is 16.7. The fourth-order valence-electron chi connectivity index (χ4n) is 8.15. The zero-order chi connectivity index (χ0) is 32.4. The molecule has 3 aliphatic rings. The van der Waals surface area contributed by atoms with E-state index < -0.39 is 0 Å². The Morgan fingerprint density at radius 1 is 1.13 bits per heavy atom. The van der Waals surface area contributed by atoms with Crippen molar-refractivity contribution in [3.8, 4) is 18.0 Å². The molecule has 2 fully saturated rings. The summed E-state index contributed by atoms with van der Waals surface area (Å²) in [5, 5.41) is 22.8. The first kappa shape index (κ1) is 31.4. The molecule has 1 aromatic heterocycles. The predicted molar refractivity (Wildman–Crippen MR) is 182 cm³/mol. The Morgan fingerprint density at radius 2 is 1.93 bits per heavy atom. The fourth-order valence-corrected chi connectivity index (χ4v) is 8.15. The van der Waals surface area contributed by atoms with Crippen LogP contribution in [0.4, 0.5) is 11.4 Å².